The molecule has 3 amide bonds. The Bertz CT molecular complexity index is 311. The van der Waals surface area contributed by atoms with Gasteiger partial charge in [0.1, 0.15) is 6.54 Å². The van der Waals surface area contributed by atoms with Crippen LogP contribution in [0.4, 0.5) is 4.79 Å². The fourth-order valence-corrected chi connectivity index (χ4v) is 2.12. The van der Waals surface area contributed by atoms with E-state index in [-0.39, 0.29) is 36.7 Å². The van der Waals surface area contributed by atoms with Gasteiger partial charge in [-0.3, -0.25) is 10.1 Å². The number of carbonyl (C=O) groups is 2. The molecule has 3 fully saturated rings. The lowest BCUT2D eigenvalue weighted by atomic mass is 10.0. The number of carbonyl (C=O) groups excluding carboxylic acids is 2. The van der Waals surface area contributed by atoms with Crippen molar-refractivity contribution in [1.29, 1.82) is 0 Å². The first-order valence-corrected chi connectivity index (χ1v) is 5.56. The molecule has 16 heavy (non-hydrogen) atoms. The SMILES string of the molecule is O=C1CN(C(CC2CO2)CC2CO2)C(=O)N1. The Morgan fingerprint density at radius 2 is 1.81 bits per heavy atom. The van der Waals surface area contributed by atoms with Crippen molar-refractivity contribution in [2.75, 3.05) is 19.8 Å². The van der Waals surface area contributed by atoms with E-state index in [0.29, 0.717) is 0 Å². The Balaban J connectivity index is 1.64. The molecular formula is C10H14N2O4. The molecule has 2 atom stereocenters. The third-order valence-corrected chi connectivity index (χ3v) is 3.14. The number of nitrogens with one attached hydrogen (secondary N) is 1. The van der Waals surface area contributed by atoms with Crippen LogP contribution in [0.25, 0.3) is 0 Å². The van der Waals surface area contributed by atoms with E-state index < -0.39 is 0 Å². The molecule has 0 radical (unpaired) electrons. The van der Waals surface area contributed by atoms with Crippen LogP contribution in [-0.2, 0) is 14.3 Å². The predicted molar refractivity (Wildman–Crippen MR) is 52.7 cm³/mol. The summed E-state index contributed by atoms with van der Waals surface area (Å²) in [5, 5.41) is 2.30. The summed E-state index contributed by atoms with van der Waals surface area (Å²) in [6.45, 7) is 1.71. The summed E-state index contributed by atoms with van der Waals surface area (Å²) in [6, 6.07) is -0.220. The van der Waals surface area contributed by atoms with Crippen molar-refractivity contribution in [2.45, 2.75) is 31.1 Å². The Kier molecular flexibility index (Phi) is 2.33. The normalized spacial score (nSPS) is 33.9. The van der Waals surface area contributed by atoms with Crippen molar-refractivity contribution in [2.24, 2.45) is 0 Å². The Morgan fingerprint density at radius 1 is 1.25 bits per heavy atom. The second-order valence-electron chi connectivity index (χ2n) is 4.52. The predicted octanol–water partition coefficient (Wildman–Crippen LogP) is -0.515. The van der Waals surface area contributed by atoms with E-state index in [2.05, 4.69) is 5.32 Å². The van der Waals surface area contributed by atoms with Gasteiger partial charge in [-0.1, -0.05) is 0 Å². The number of nitrogens with zero attached hydrogens (tertiary/aromatic N) is 1. The lowest BCUT2D eigenvalue weighted by Gasteiger charge is -2.24. The van der Waals surface area contributed by atoms with Crippen molar-refractivity contribution >= 4 is 11.9 Å². The van der Waals surface area contributed by atoms with E-state index in [0.717, 1.165) is 26.1 Å². The molecule has 1 N–H and O–H groups in total. The molecule has 3 heterocycles. The maximum absolute atomic E-state index is 11.5. The molecule has 0 aliphatic carbocycles. The van der Waals surface area contributed by atoms with Crippen LogP contribution in [0.15, 0.2) is 0 Å². The second-order valence-corrected chi connectivity index (χ2v) is 4.52. The summed E-state index contributed by atoms with van der Waals surface area (Å²) in [5.74, 6) is -0.219. The Labute approximate surface area is 92.9 Å². The van der Waals surface area contributed by atoms with Crippen LogP contribution < -0.4 is 5.32 Å². The summed E-state index contributed by atoms with van der Waals surface area (Å²) in [5.41, 5.74) is 0. The van der Waals surface area contributed by atoms with Crippen LogP contribution in [0.5, 0.6) is 0 Å². The van der Waals surface area contributed by atoms with Gasteiger partial charge in [0.2, 0.25) is 5.91 Å². The van der Waals surface area contributed by atoms with E-state index in [1.165, 1.54) is 0 Å². The molecule has 0 bridgehead atoms. The number of amides is 3. The Morgan fingerprint density at radius 3 is 2.19 bits per heavy atom. The number of urea groups is 1. The first-order valence-electron chi connectivity index (χ1n) is 5.56. The third kappa shape index (κ3) is 2.17. The number of imide groups is 1. The number of epoxide rings is 2. The van der Waals surface area contributed by atoms with Crippen LogP contribution in [0.3, 0.4) is 0 Å². The molecule has 0 aromatic rings. The molecule has 0 spiro atoms. The number of rotatable bonds is 5. The molecule has 3 aliphatic rings. The number of hydrogen-bond acceptors (Lipinski definition) is 4. The minimum atomic E-state index is -0.281. The summed E-state index contributed by atoms with van der Waals surface area (Å²) in [6.07, 6.45) is 2.13. The fraction of sp³-hybridized carbons (Fsp3) is 0.800. The highest BCUT2D eigenvalue weighted by Crippen LogP contribution is 2.27. The highest BCUT2D eigenvalue weighted by molar-refractivity contribution is 6.02. The molecule has 3 aliphatic heterocycles. The first-order chi connectivity index (χ1) is 7.72. The van der Waals surface area contributed by atoms with Crippen molar-refractivity contribution in [3.8, 4) is 0 Å². The zero-order valence-electron chi connectivity index (χ0n) is 8.85. The van der Waals surface area contributed by atoms with Gasteiger partial charge >= 0.3 is 6.03 Å². The molecule has 0 aromatic carbocycles. The monoisotopic (exact) mass is 226 g/mol. The van der Waals surface area contributed by atoms with Crippen LogP contribution >= 0.6 is 0 Å². The lowest BCUT2D eigenvalue weighted by molar-refractivity contribution is -0.118. The van der Waals surface area contributed by atoms with Gasteiger partial charge in [-0.15, -0.1) is 0 Å². The topological polar surface area (TPSA) is 74.5 Å². The first kappa shape index (κ1) is 10.0. The summed E-state index contributed by atoms with van der Waals surface area (Å²) < 4.78 is 10.4. The molecule has 3 rings (SSSR count). The van der Waals surface area contributed by atoms with Gasteiger partial charge in [-0.25, -0.2) is 4.79 Å². The highest BCUT2D eigenvalue weighted by Gasteiger charge is 2.39. The highest BCUT2D eigenvalue weighted by atomic mass is 16.6. The Hall–Kier alpha value is -1.14. The smallest absolute Gasteiger partial charge is 0.324 e. The molecule has 3 saturated heterocycles. The summed E-state index contributed by atoms with van der Waals surface area (Å²) in [7, 11) is 0. The largest absolute Gasteiger partial charge is 0.373 e. The fourth-order valence-electron chi connectivity index (χ4n) is 2.12. The van der Waals surface area contributed by atoms with Crippen LogP contribution in [0.1, 0.15) is 12.8 Å². The second kappa shape index (κ2) is 3.71. The van der Waals surface area contributed by atoms with Gasteiger partial charge in [-0.05, 0) is 12.8 Å². The maximum atomic E-state index is 11.5. The molecule has 0 saturated carbocycles. The van der Waals surface area contributed by atoms with Gasteiger partial charge < -0.3 is 14.4 Å². The van der Waals surface area contributed by atoms with Crippen molar-refractivity contribution in [1.82, 2.24) is 10.2 Å². The average Bonchev–Trinajstić information content (AvgIpc) is 3.10. The van der Waals surface area contributed by atoms with E-state index in [1.807, 2.05) is 0 Å². The van der Waals surface area contributed by atoms with Crippen LogP contribution in [0, 0.1) is 0 Å². The molecule has 0 aromatic heterocycles. The molecular weight excluding hydrogens is 212 g/mol. The van der Waals surface area contributed by atoms with Crippen LogP contribution in [0.2, 0.25) is 0 Å². The van der Waals surface area contributed by atoms with Gasteiger partial charge in [0.05, 0.1) is 25.4 Å². The number of ether oxygens (including phenoxy) is 2. The molecule has 88 valence electrons. The van der Waals surface area contributed by atoms with E-state index >= 15 is 0 Å². The summed E-state index contributed by atoms with van der Waals surface area (Å²) in [4.78, 5) is 24.3. The quantitative estimate of drug-likeness (QED) is 0.506. The third-order valence-electron chi connectivity index (χ3n) is 3.14. The maximum Gasteiger partial charge on any atom is 0.324 e. The number of hydrogen-bond donors (Lipinski definition) is 1. The van der Waals surface area contributed by atoms with E-state index in [9.17, 15) is 9.59 Å². The standard InChI is InChI=1S/C10H14N2O4/c13-9-3-12(10(14)11-9)6(1-7-4-15-7)2-8-5-16-8/h6-8H,1-5H2,(H,11,13,14). The molecule has 2 unspecified atom stereocenters. The van der Waals surface area contributed by atoms with Gasteiger partial charge in [0, 0.05) is 6.04 Å². The van der Waals surface area contributed by atoms with Crippen molar-refractivity contribution < 1.29 is 19.1 Å². The minimum Gasteiger partial charge on any atom is -0.373 e. The van der Waals surface area contributed by atoms with Crippen LogP contribution in [-0.4, -0.2) is 54.8 Å². The molecule has 6 nitrogen and oxygen atoms in total. The molecule has 6 heteroatoms. The van der Waals surface area contributed by atoms with Gasteiger partial charge in [-0.2, -0.15) is 0 Å². The van der Waals surface area contributed by atoms with Gasteiger partial charge in [0.15, 0.2) is 0 Å². The average molecular weight is 226 g/mol. The zero-order valence-corrected chi connectivity index (χ0v) is 8.85. The zero-order chi connectivity index (χ0) is 11.1. The van der Waals surface area contributed by atoms with Crippen molar-refractivity contribution in [3.63, 3.8) is 0 Å². The van der Waals surface area contributed by atoms with E-state index in [1.54, 1.807) is 4.90 Å². The summed E-state index contributed by atoms with van der Waals surface area (Å²) >= 11 is 0. The van der Waals surface area contributed by atoms with Gasteiger partial charge in [0.25, 0.3) is 0 Å². The van der Waals surface area contributed by atoms with Crippen molar-refractivity contribution in [3.05, 3.63) is 0 Å². The lowest BCUT2D eigenvalue weighted by Crippen LogP contribution is -2.39. The van der Waals surface area contributed by atoms with E-state index in [4.69, 9.17) is 9.47 Å². The minimum absolute atomic E-state index is 0.0615.